The number of carbonyl (C=O) groups excluding carboxylic acids is 1. The number of hydrogen-bond acceptors (Lipinski definition) is 2. The lowest BCUT2D eigenvalue weighted by molar-refractivity contribution is -0.117. The fraction of sp³-hybridized carbons (Fsp3) is 0.435. The summed E-state index contributed by atoms with van der Waals surface area (Å²) in [4.78, 5) is 14.7. The van der Waals surface area contributed by atoms with Gasteiger partial charge < -0.3 is 10.2 Å². The number of fused-ring (bicyclic) bond motifs is 1. The quantitative estimate of drug-likeness (QED) is 0.781. The molecule has 0 radical (unpaired) electrons. The lowest BCUT2D eigenvalue weighted by Gasteiger charge is -2.32. The van der Waals surface area contributed by atoms with E-state index in [0.717, 1.165) is 68.6 Å². The fourth-order valence-electron chi connectivity index (χ4n) is 4.50. The topological polar surface area (TPSA) is 32.3 Å². The van der Waals surface area contributed by atoms with Crippen LogP contribution in [-0.2, 0) is 11.2 Å². The van der Waals surface area contributed by atoms with Crippen molar-refractivity contribution in [1.29, 1.82) is 0 Å². The summed E-state index contributed by atoms with van der Waals surface area (Å²) in [5, 5.41) is 2.97. The number of anilines is 1. The average Bonchev–Trinajstić information content (AvgIpc) is 3.01. The number of amides is 1. The molecule has 2 aromatic carbocycles. The van der Waals surface area contributed by atoms with Crippen LogP contribution in [0.3, 0.4) is 0 Å². The zero-order valence-electron chi connectivity index (χ0n) is 16.0. The Hall–Kier alpha value is -2.27. The highest BCUT2D eigenvalue weighted by Gasteiger charge is 2.29. The van der Waals surface area contributed by atoms with E-state index >= 15 is 0 Å². The molecule has 1 amide bonds. The Bertz CT molecular complexity index is 846. The van der Waals surface area contributed by atoms with E-state index in [1.807, 2.05) is 24.3 Å². The third-order valence-electron chi connectivity index (χ3n) is 6.09. The number of nitrogens with one attached hydrogen (secondary N) is 1. The molecule has 3 nitrogen and oxygen atoms in total. The molecule has 1 fully saturated rings. The van der Waals surface area contributed by atoms with E-state index in [2.05, 4.69) is 10.2 Å². The summed E-state index contributed by atoms with van der Waals surface area (Å²) in [6.07, 6.45) is 4.83. The van der Waals surface area contributed by atoms with Crippen LogP contribution in [-0.4, -0.2) is 30.4 Å². The lowest BCUT2D eigenvalue weighted by atomic mass is 9.90. The Labute approximate surface area is 164 Å². The smallest absolute Gasteiger partial charge is 0.232 e. The first-order chi connectivity index (χ1) is 13.6. The van der Waals surface area contributed by atoms with Crippen molar-refractivity contribution in [3.05, 3.63) is 65.2 Å². The largest absolute Gasteiger partial charge is 0.325 e. The standard InChI is InChI=1S/C23H26F2N2O/c24-20-8-7-17(15-21(20)25)14-16-9-12-27(13-10-16)11-3-5-19-18-4-1-2-6-22(18)26-23(19)28/h1-2,4,6-8,15-16,19H,3,5,9-14H2,(H,26,28). The van der Waals surface area contributed by atoms with Gasteiger partial charge in [0.15, 0.2) is 11.6 Å². The summed E-state index contributed by atoms with van der Waals surface area (Å²) >= 11 is 0. The highest BCUT2D eigenvalue weighted by molar-refractivity contribution is 6.02. The van der Waals surface area contributed by atoms with Gasteiger partial charge in [-0.05, 0) is 87.0 Å². The van der Waals surface area contributed by atoms with E-state index in [1.54, 1.807) is 6.07 Å². The minimum atomic E-state index is -0.780. The molecule has 2 heterocycles. The zero-order chi connectivity index (χ0) is 19.5. The molecule has 0 saturated carbocycles. The second kappa shape index (κ2) is 8.39. The van der Waals surface area contributed by atoms with Gasteiger partial charge in [0.1, 0.15) is 0 Å². The van der Waals surface area contributed by atoms with E-state index in [9.17, 15) is 13.6 Å². The molecular weight excluding hydrogens is 358 g/mol. The third kappa shape index (κ3) is 4.25. The number of rotatable bonds is 6. The van der Waals surface area contributed by atoms with Gasteiger partial charge in [0, 0.05) is 5.69 Å². The van der Waals surface area contributed by atoms with Crippen molar-refractivity contribution >= 4 is 11.6 Å². The van der Waals surface area contributed by atoms with Gasteiger partial charge in [0.2, 0.25) is 5.91 Å². The minimum absolute atomic E-state index is 0.0258. The summed E-state index contributed by atoms with van der Waals surface area (Å²) < 4.78 is 26.4. The predicted molar refractivity (Wildman–Crippen MR) is 106 cm³/mol. The van der Waals surface area contributed by atoms with Gasteiger partial charge in [-0.2, -0.15) is 0 Å². The zero-order valence-corrected chi connectivity index (χ0v) is 16.0. The van der Waals surface area contributed by atoms with Crippen LogP contribution < -0.4 is 5.32 Å². The normalized spacial score (nSPS) is 20.2. The number of piperidine rings is 1. The van der Waals surface area contributed by atoms with Gasteiger partial charge in [0.05, 0.1) is 5.92 Å². The van der Waals surface area contributed by atoms with Crippen molar-refractivity contribution in [2.45, 2.75) is 38.0 Å². The molecule has 148 valence electrons. The summed E-state index contributed by atoms with van der Waals surface area (Å²) in [6.45, 7) is 3.06. The molecule has 0 spiro atoms. The molecule has 28 heavy (non-hydrogen) atoms. The first kappa shape index (κ1) is 19.1. The van der Waals surface area contributed by atoms with E-state index in [-0.39, 0.29) is 11.8 Å². The number of benzene rings is 2. The van der Waals surface area contributed by atoms with Crippen LogP contribution in [0.5, 0.6) is 0 Å². The number of carbonyl (C=O) groups is 1. The Kier molecular flexibility index (Phi) is 5.72. The summed E-state index contributed by atoms with van der Waals surface area (Å²) in [7, 11) is 0. The van der Waals surface area contributed by atoms with E-state index in [1.165, 1.54) is 12.1 Å². The Morgan fingerprint density at radius 2 is 1.82 bits per heavy atom. The SMILES string of the molecule is O=C1Nc2ccccc2C1CCCN1CCC(Cc2ccc(F)c(F)c2)CC1. The number of likely N-dealkylation sites (tertiary alicyclic amines) is 1. The monoisotopic (exact) mass is 384 g/mol. The number of hydrogen-bond donors (Lipinski definition) is 1. The molecule has 0 aliphatic carbocycles. The third-order valence-corrected chi connectivity index (χ3v) is 6.09. The van der Waals surface area contributed by atoms with Crippen LogP contribution in [0.2, 0.25) is 0 Å². The molecule has 0 aromatic heterocycles. The van der Waals surface area contributed by atoms with E-state index in [0.29, 0.717) is 5.92 Å². The van der Waals surface area contributed by atoms with Gasteiger partial charge in [0.25, 0.3) is 0 Å². The van der Waals surface area contributed by atoms with Crippen molar-refractivity contribution in [3.63, 3.8) is 0 Å². The van der Waals surface area contributed by atoms with Crippen molar-refractivity contribution in [2.75, 3.05) is 25.0 Å². The number of para-hydroxylation sites is 1. The van der Waals surface area contributed by atoms with Crippen LogP contribution in [0.25, 0.3) is 0 Å². The molecule has 5 heteroatoms. The minimum Gasteiger partial charge on any atom is -0.325 e. The first-order valence-corrected chi connectivity index (χ1v) is 10.2. The van der Waals surface area contributed by atoms with Crippen LogP contribution in [0.1, 0.15) is 42.7 Å². The van der Waals surface area contributed by atoms with Gasteiger partial charge in [-0.1, -0.05) is 24.3 Å². The second-order valence-corrected chi connectivity index (χ2v) is 8.01. The van der Waals surface area contributed by atoms with E-state index in [4.69, 9.17) is 0 Å². The molecule has 2 aromatic rings. The Balaban J connectivity index is 1.21. The summed E-state index contributed by atoms with van der Waals surface area (Å²) in [6, 6.07) is 12.2. The van der Waals surface area contributed by atoms with E-state index < -0.39 is 11.6 Å². The average molecular weight is 384 g/mol. The van der Waals surface area contributed by atoms with Crippen LogP contribution in [0, 0.1) is 17.6 Å². The van der Waals surface area contributed by atoms with Gasteiger partial charge >= 0.3 is 0 Å². The van der Waals surface area contributed by atoms with Crippen LogP contribution >= 0.6 is 0 Å². The summed E-state index contributed by atoms with van der Waals surface area (Å²) in [5.41, 5.74) is 2.96. The predicted octanol–water partition coefficient (Wildman–Crippen LogP) is 4.74. The van der Waals surface area contributed by atoms with Crippen molar-refractivity contribution in [2.24, 2.45) is 5.92 Å². The molecule has 4 rings (SSSR count). The molecule has 1 unspecified atom stereocenters. The number of halogens is 2. The van der Waals surface area contributed by atoms with Gasteiger partial charge in [-0.3, -0.25) is 4.79 Å². The lowest BCUT2D eigenvalue weighted by Crippen LogP contribution is -2.35. The summed E-state index contributed by atoms with van der Waals surface area (Å²) in [5.74, 6) is -0.924. The molecule has 0 bridgehead atoms. The van der Waals surface area contributed by atoms with Crippen molar-refractivity contribution in [3.8, 4) is 0 Å². The molecule has 2 aliphatic rings. The van der Waals surface area contributed by atoms with Gasteiger partial charge in [-0.25, -0.2) is 8.78 Å². The maximum Gasteiger partial charge on any atom is 0.232 e. The number of nitrogens with zero attached hydrogens (tertiary/aromatic N) is 1. The fourth-order valence-corrected chi connectivity index (χ4v) is 4.50. The highest BCUT2D eigenvalue weighted by atomic mass is 19.2. The Morgan fingerprint density at radius 1 is 1.04 bits per heavy atom. The highest BCUT2D eigenvalue weighted by Crippen LogP contribution is 2.35. The Morgan fingerprint density at radius 3 is 2.61 bits per heavy atom. The van der Waals surface area contributed by atoms with Crippen LogP contribution in [0.4, 0.5) is 14.5 Å². The van der Waals surface area contributed by atoms with Crippen molar-refractivity contribution in [1.82, 2.24) is 4.90 Å². The van der Waals surface area contributed by atoms with Crippen molar-refractivity contribution < 1.29 is 13.6 Å². The maximum atomic E-state index is 13.4. The maximum absolute atomic E-state index is 13.4. The molecule has 1 N–H and O–H groups in total. The molecule has 2 aliphatic heterocycles. The van der Waals surface area contributed by atoms with Gasteiger partial charge in [-0.15, -0.1) is 0 Å². The molecule has 1 saturated heterocycles. The first-order valence-electron chi connectivity index (χ1n) is 10.2. The molecular formula is C23H26F2N2O. The second-order valence-electron chi connectivity index (χ2n) is 8.01. The molecule has 1 atom stereocenters. The van der Waals surface area contributed by atoms with Crippen LogP contribution in [0.15, 0.2) is 42.5 Å².